The van der Waals surface area contributed by atoms with Crippen molar-refractivity contribution in [3.8, 4) is 11.3 Å². The van der Waals surface area contributed by atoms with Gasteiger partial charge in [0.2, 0.25) is 0 Å². The summed E-state index contributed by atoms with van der Waals surface area (Å²) in [6.45, 7) is 3.80. The van der Waals surface area contributed by atoms with Gasteiger partial charge in [-0.1, -0.05) is 41.6 Å². The predicted octanol–water partition coefficient (Wildman–Crippen LogP) is 5.53. The smallest absolute Gasteiger partial charge is 0.285 e. The number of aryl methyl sites for hydroxylation is 2. The Morgan fingerprint density at radius 2 is 1.83 bits per heavy atom. The Balaban J connectivity index is 1.56. The Hall–Kier alpha value is -3.45. The summed E-state index contributed by atoms with van der Waals surface area (Å²) in [6, 6.07) is 16.0. The molecule has 0 saturated heterocycles. The molecule has 0 bridgehead atoms. The van der Waals surface area contributed by atoms with Crippen molar-refractivity contribution in [2.45, 2.75) is 13.8 Å². The van der Waals surface area contributed by atoms with Crippen LogP contribution in [-0.2, 0) is 4.79 Å². The van der Waals surface area contributed by atoms with Gasteiger partial charge in [-0.05, 0) is 37.6 Å². The zero-order valence-corrected chi connectivity index (χ0v) is 16.5. The first-order valence-corrected chi connectivity index (χ1v) is 9.67. The molecule has 1 aliphatic heterocycles. The summed E-state index contributed by atoms with van der Waals surface area (Å²) in [6.07, 6.45) is 1.67. The second-order valence-corrected chi connectivity index (χ2v) is 7.69. The molecular weight excluding hydrogens is 388 g/mol. The fraction of sp³-hybridized carbons (Fsp3) is 0.0909. The summed E-state index contributed by atoms with van der Waals surface area (Å²) < 4.78 is 5.86. The second kappa shape index (κ2) is 7.52. The normalized spacial score (nSPS) is 15.0. The first-order chi connectivity index (χ1) is 13.9. The van der Waals surface area contributed by atoms with Gasteiger partial charge in [0.15, 0.2) is 0 Å². The minimum absolute atomic E-state index is 0.0360. The molecule has 4 rings (SSSR count). The number of amides is 1. The number of rotatable bonds is 4. The first-order valence-electron chi connectivity index (χ1n) is 8.85. The van der Waals surface area contributed by atoms with Gasteiger partial charge in [0.1, 0.15) is 16.6 Å². The lowest BCUT2D eigenvalue weighted by Crippen LogP contribution is -1.90. The summed E-state index contributed by atoms with van der Waals surface area (Å²) in [5.74, 6) is 0.809. The van der Waals surface area contributed by atoms with Gasteiger partial charge in [-0.2, -0.15) is 0 Å². The van der Waals surface area contributed by atoms with E-state index < -0.39 is 4.92 Å². The van der Waals surface area contributed by atoms with Crippen molar-refractivity contribution < 1.29 is 14.1 Å². The molecule has 0 atom stereocenters. The van der Waals surface area contributed by atoms with E-state index in [2.05, 4.69) is 4.99 Å². The van der Waals surface area contributed by atoms with Crippen molar-refractivity contribution in [3.05, 3.63) is 92.1 Å². The number of hydrogen-bond acceptors (Lipinski definition) is 5. The Bertz CT molecular complexity index is 1190. The van der Waals surface area contributed by atoms with Crippen molar-refractivity contribution in [2.75, 3.05) is 0 Å². The third-order valence-corrected chi connectivity index (χ3v) is 5.54. The van der Waals surface area contributed by atoms with Crippen molar-refractivity contribution >= 4 is 34.5 Å². The Morgan fingerprint density at radius 3 is 2.52 bits per heavy atom. The van der Waals surface area contributed by atoms with Crippen LogP contribution in [0, 0.1) is 24.0 Å². The number of benzene rings is 2. The molecule has 0 radical (unpaired) electrons. The number of nitrogens with zero attached hydrogens (tertiary/aromatic N) is 2. The van der Waals surface area contributed by atoms with Gasteiger partial charge in [-0.15, -0.1) is 0 Å². The molecule has 1 amide bonds. The van der Waals surface area contributed by atoms with Gasteiger partial charge < -0.3 is 4.42 Å². The first kappa shape index (κ1) is 18.9. The molecule has 144 valence electrons. The lowest BCUT2D eigenvalue weighted by Gasteiger charge is -2.02. The average molecular weight is 404 g/mol. The van der Waals surface area contributed by atoms with Crippen LogP contribution in [0.25, 0.3) is 17.4 Å². The van der Waals surface area contributed by atoms with Crippen LogP contribution in [0.1, 0.15) is 22.5 Å². The summed E-state index contributed by atoms with van der Waals surface area (Å²) in [5, 5.41) is 11.6. The molecule has 0 spiro atoms. The zero-order chi connectivity index (χ0) is 20.5. The number of non-ortho nitro benzene ring substituents is 1. The maximum Gasteiger partial charge on any atom is 0.285 e. The molecule has 2 aromatic carbocycles. The lowest BCUT2D eigenvalue weighted by atomic mass is 10.1. The third-order valence-electron chi connectivity index (χ3n) is 4.51. The van der Waals surface area contributed by atoms with Crippen LogP contribution in [0.5, 0.6) is 0 Å². The fourth-order valence-corrected chi connectivity index (χ4v) is 3.87. The van der Waals surface area contributed by atoms with E-state index in [0.717, 1.165) is 22.3 Å². The Kier molecular flexibility index (Phi) is 4.90. The predicted molar refractivity (Wildman–Crippen MR) is 114 cm³/mol. The number of thioether (sulfide) groups is 1. The number of nitro groups is 1. The number of furan rings is 1. The maximum atomic E-state index is 12.3. The van der Waals surface area contributed by atoms with Gasteiger partial charge in [-0.3, -0.25) is 14.9 Å². The highest BCUT2D eigenvalue weighted by molar-refractivity contribution is 8.19. The van der Waals surface area contributed by atoms with E-state index in [4.69, 9.17) is 4.42 Å². The van der Waals surface area contributed by atoms with Crippen LogP contribution in [0.4, 0.5) is 5.69 Å². The molecule has 1 aromatic heterocycles. The third kappa shape index (κ3) is 3.90. The Morgan fingerprint density at radius 1 is 1.07 bits per heavy atom. The summed E-state index contributed by atoms with van der Waals surface area (Å²) >= 11 is 1.31. The lowest BCUT2D eigenvalue weighted by molar-refractivity contribution is -0.384. The zero-order valence-electron chi connectivity index (χ0n) is 15.7. The number of carbonyl (C=O) groups is 1. The van der Waals surface area contributed by atoms with Crippen molar-refractivity contribution in [1.82, 2.24) is 0 Å². The molecule has 3 aromatic rings. The number of nitro benzene ring substituents is 1. The molecular formula is C22H16N2O4S. The van der Waals surface area contributed by atoms with E-state index in [-0.39, 0.29) is 11.6 Å². The van der Waals surface area contributed by atoms with Crippen LogP contribution >= 0.6 is 11.8 Å². The van der Waals surface area contributed by atoms with Crippen molar-refractivity contribution in [2.24, 2.45) is 4.99 Å². The fourth-order valence-electron chi connectivity index (χ4n) is 2.97. The molecule has 2 heterocycles. The topological polar surface area (TPSA) is 85.7 Å². The summed E-state index contributed by atoms with van der Waals surface area (Å²) in [5.41, 5.74) is 3.59. The quantitative estimate of drug-likeness (QED) is 0.324. The average Bonchev–Trinajstić information content (AvgIpc) is 3.29. The highest BCUT2D eigenvalue weighted by Gasteiger charge is 2.23. The van der Waals surface area contributed by atoms with E-state index in [1.807, 2.05) is 31.2 Å². The van der Waals surface area contributed by atoms with E-state index in [0.29, 0.717) is 21.5 Å². The minimum Gasteiger partial charge on any atom is -0.457 e. The van der Waals surface area contributed by atoms with E-state index in [1.54, 1.807) is 31.2 Å². The van der Waals surface area contributed by atoms with Crippen LogP contribution in [0.3, 0.4) is 0 Å². The molecule has 6 nitrogen and oxygen atoms in total. The Labute approximate surface area is 171 Å². The molecule has 0 N–H and O–H groups in total. The SMILES string of the molecule is Cc1ccc(C2=NC(=O)/C(=C/c3ccc(-c4ccc([N+](=O)[O-])cc4C)o3)S2)cc1. The van der Waals surface area contributed by atoms with Gasteiger partial charge in [0.05, 0.1) is 9.83 Å². The molecule has 7 heteroatoms. The second-order valence-electron chi connectivity index (χ2n) is 6.66. The van der Waals surface area contributed by atoms with Crippen LogP contribution in [0.2, 0.25) is 0 Å². The monoisotopic (exact) mass is 404 g/mol. The summed E-state index contributed by atoms with van der Waals surface area (Å²) in [7, 11) is 0. The van der Waals surface area contributed by atoms with Crippen molar-refractivity contribution in [3.63, 3.8) is 0 Å². The van der Waals surface area contributed by atoms with Crippen molar-refractivity contribution in [1.29, 1.82) is 0 Å². The number of hydrogen-bond donors (Lipinski definition) is 0. The van der Waals surface area contributed by atoms with Gasteiger partial charge in [-0.25, -0.2) is 4.99 Å². The van der Waals surface area contributed by atoms with Gasteiger partial charge in [0, 0.05) is 29.3 Å². The summed E-state index contributed by atoms with van der Waals surface area (Å²) in [4.78, 5) is 27.4. The highest BCUT2D eigenvalue weighted by atomic mass is 32.2. The molecule has 0 unspecified atom stereocenters. The van der Waals surface area contributed by atoms with E-state index in [1.165, 1.54) is 23.9 Å². The minimum atomic E-state index is -0.427. The van der Waals surface area contributed by atoms with Crippen LogP contribution < -0.4 is 0 Å². The maximum absolute atomic E-state index is 12.3. The molecule has 0 aliphatic carbocycles. The molecule has 0 fully saturated rings. The molecule has 29 heavy (non-hydrogen) atoms. The molecule has 0 saturated carbocycles. The standard InChI is InChI=1S/C22H16N2O4S/c1-13-3-5-15(6-4-13)22-23-21(25)20(29-22)12-17-8-10-19(28-17)18-9-7-16(24(26)27)11-14(18)2/h3-12H,1-2H3/b20-12-. The number of carbonyl (C=O) groups excluding carboxylic acids is 1. The van der Waals surface area contributed by atoms with Gasteiger partial charge in [0.25, 0.3) is 11.6 Å². The van der Waals surface area contributed by atoms with E-state index in [9.17, 15) is 14.9 Å². The number of aliphatic imine (C=N–C) groups is 1. The molecule has 1 aliphatic rings. The van der Waals surface area contributed by atoms with E-state index >= 15 is 0 Å². The van der Waals surface area contributed by atoms with Gasteiger partial charge >= 0.3 is 0 Å². The highest BCUT2D eigenvalue weighted by Crippen LogP contribution is 2.34. The van der Waals surface area contributed by atoms with Crippen LogP contribution in [-0.4, -0.2) is 15.9 Å². The van der Waals surface area contributed by atoms with Crippen LogP contribution in [0.15, 0.2) is 68.9 Å². The largest absolute Gasteiger partial charge is 0.457 e.